The third-order valence-corrected chi connectivity index (χ3v) is 4.14. The zero-order valence-corrected chi connectivity index (χ0v) is 14.8. The van der Waals surface area contributed by atoms with Crippen molar-refractivity contribution in [2.75, 3.05) is 18.0 Å². The van der Waals surface area contributed by atoms with Crippen LogP contribution in [0, 0.1) is 0 Å². The van der Waals surface area contributed by atoms with Crippen molar-refractivity contribution >= 4 is 24.1 Å². The smallest absolute Gasteiger partial charge is 0.416 e. The lowest BCUT2D eigenvalue weighted by atomic mass is 10.1. The van der Waals surface area contributed by atoms with Crippen molar-refractivity contribution < 1.29 is 27.8 Å². The molecule has 1 aromatic heterocycles. The molecule has 2 aromatic rings. The molecule has 1 aliphatic heterocycles. The van der Waals surface area contributed by atoms with E-state index in [-0.39, 0.29) is 30.1 Å². The fourth-order valence-electron chi connectivity index (χ4n) is 2.75. The maximum Gasteiger partial charge on any atom is 0.416 e. The van der Waals surface area contributed by atoms with Gasteiger partial charge in [0.2, 0.25) is 5.88 Å². The van der Waals surface area contributed by atoms with E-state index >= 15 is 0 Å². The molecule has 0 saturated carbocycles. The summed E-state index contributed by atoms with van der Waals surface area (Å²) in [6.45, 7) is 1.27. The first-order chi connectivity index (χ1) is 12.3. The molecule has 0 spiro atoms. The zero-order valence-electron chi connectivity index (χ0n) is 14.0. The van der Waals surface area contributed by atoms with Crippen molar-refractivity contribution in [2.45, 2.75) is 25.1 Å². The van der Waals surface area contributed by atoms with Crippen LogP contribution in [-0.4, -0.2) is 40.2 Å². The fraction of sp³-hybridized carbons (Fsp3) is 0.353. The Morgan fingerprint density at radius 2 is 1.74 bits per heavy atom. The molecule has 1 aliphatic rings. The predicted octanol–water partition coefficient (Wildman–Crippen LogP) is 3.66. The van der Waals surface area contributed by atoms with Gasteiger partial charge in [-0.3, -0.25) is 0 Å². The SMILES string of the molecule is Cl.O=C(O)c1cnc(OC2CCN(c3ccc(C(F)(F)F)cc3)CC2)cn1. The molecule has 0 atom stereocenters. The summed E-state index contributed by atoms with van der Waals surface area (Å²) >= 11 is 0. The number of rotatable bonds is 4. The molecule has 0 amide bonds. The second kappa shape index (κ2) is 8.43. The normalized spacial score (nSPS) is 15.1. The first kappa shape index (κ1) is 20.8. The van der Waals surface area contributed by atoms with E-state index in [1.165, 1.54) is 18.3 Å². The molecule has 0 unspecified atom stereocenters. The highest BCUT2D eigenvalue weighted by Crippen LogP contribution is 2.31. The van der Waals surface area contributed by atoms with E-state index in [9.17, 15) is 18.0 Å². The topological polar surface area (TPSA) is 75.6 Å². The number of carbonyl (C=O) groups is 1. The molecule has 1 aromatic carbocycles. The van der Waals surface area contributed by atoms with Gasteiger partial charge in [0.15, 0.2) is 5.69 Å². The summed E-state index contributed by atoms with van der Waals surface area (Å²) in [5.74, 6) is -0.906. The number of halogens is 4. The first-order valence-corrected chi connectivity index (χ1v) is 7.97. The molecule has 0 bridgehead atoms. The van der Waals surface area contributed by atoms with E-state index in [1.54, 1.807) is 0 Å². The Labute approximate surface area is 159 Å². The molecule has 2 heterocycles. The number of aromatic nitrogens is 2. The number of hydrogen-bond acceptors (Lipinski definition) is 5. The van der Waals surface area contributed by atoms with Crippen molar-refractivity contribution in [2.24, 2.45) is 0 Å². The number of nitrogens with zero attached hydrogens (tertiary/aromatic N) is 3. The average molecular weight is 404 g/mol. The molecule has 1 fully saturated rings. The van der Waals surface area contributed by atoms with Crippen LogP contribution in [0.1, 0.15) is 28.9 Å². The Morgan fingerprint density at radius 1 is 1.11 bits per heavy atom. The second-order valence-electron chi connectivity index (χ2n) is 5.89. The van der Waals surface area contributed by atoms with Crippen LogP contribution in [0.15, 0.2) is 36.7 Å². The minimum atomic E-state index is -4.34. The van der Waals surface area contributed by atoms with E-state index in [4.69, 9.17) is 9.84 Å². The van der Waals surface area contributed by atoms with Gasteiger partial charge in [-0.15, -0.1) is 12.4 Å². The van der Waals surface area contributed by atoms with E-state index in [0.29, 0.717) is 25.9 Å². The quantitative estimate of drug-likeness (QED) is 0.839. The van der Waals surface area contributed by atoms with Crippen LogP contribution < -0.4 is 9.64 Å². The molecule has 27 heavy (non-hydrogen) atoms. The summed E-state index contributed by atoms with van der Waals surface area (Å²) in [6, 6.07) is 5.11. The molecule has 0 radical (unpaired) electrons. The molecule has 10 heteroatoms. The first-order valence-electron chi connectivity index (χ1n) is 7.97. The van der Waals surface area contributed by atoms with Gasteiger partial charge in [-0.2, -0.15) is 13.2 Å². The van der Waals surface area contributed by atoms with Crippen molar-refractivity contribution in [1.29, 1.82) is 0 Å². The summed E-state index contributed by atoms with van der Waals surface area (Å²) < 4.78 is 43.5. The number of anilines is 1. The van der Waals surface area contributed by atoms with E-state index in [1.807, 2.05) is 4.90 Å². The van der Waals surface area contributed by atoms with Crippen LogP contribution in [0.3, 0.4) is 0 Å². The lowest BCUT2D eigenvalue weighted by Gasteiger charge is -2.33. The summed E-state index contributed by atoms with van der Waals surface area (Å²) in [6.07, 6.45) is -0.699. The number of carboxylic acid groups (broad SMARTS) is 1. The van der Waals surface area contributed by atoms with Crippen LogP contribution in [0.5, 0.6) is 5.88 Å². The number of benzene rings is 1. The van der Waals surface area contributed by atoms with Gasteiger partial charge in [0.25, 0.3) is 0 Å². The summed E-state index contributed by atoms with van der Waals surface area (Å²) in [7, 11) is 0. The molecular weight excluding hydrogens is 387 g/mol. The molecular formula is C17H17ClF3N3O3. The van der Waals surface area contributed by atoms with Gasteiger partial charge in [-0.1, -0.05) is 0 Å². The lowest BCUT2D eigenvalue weighted by molar-refractivity contribution is -0.137. The largest absolute Gasteiger partial charge is 0.476 e. The monoisotopic (exact) mass is 403 g/mol. The standard InChI is InChI=1S/C17H16F3N3O3.ClH/c18-17(19,20)11-1-3-12(4-2-11)23-7-5-13(6-8-23)26-15-10-21-14(9-22-15)16(24)25;/h1-4,9-10,13H,5-8H2,(H,24,25);1H. The van der Waals surface area contributed by atoms with Gasteiger partial charge >= 0.3 is 12.1 Å². The van der Waals surface area contributed by atoms with Gasteiger partial charge in [0.1, 0.15) is 6.10 Å². The summed E-state index contributed by atoms with van der Waals surface area (Å²) in [5, 5.41) is 8.78. The summed E-state index contributed by atoms with van der Waals surface area (Å²) in [4.78, 5) is 20.4. The van der Waals surface area contributed by atoms with Crippen molar-refractivity contribution in [3.8, 4) is 5.88 Å². The van der Waals surface area contributed by atoms with Gasteiger partial charge < -0.3 is 14.7 Å². The number of piperidine rings is 1. The van der Waals surface area contributed by atoms with E-state index in [0.717, 1.165) is 24.0 Å². The third-order valence-electron chi connectivity index (χ3n) is 4.14. The third kappa shape index (κ3) is 5.22. The van der Waals surface area contributed by atoms with Crippen LogP contribution >= 0.6 is 12.4 Å². The van der Waals surface area contributed by atoms with Crippen molar-refractivity contribution in [3.63, 3.8) is 0 Å². The minimum Gasteiger partial charge on any atom is -0.476 e. The van der Waals surface area contributed by atoms with Gasteiger partial charge in [0, 0.05) is 31.6 Å². The van der Waals surface area contributed by atoms with E-state index in [2.05, 4.69) is 9.97 Å². The van der Waals surface area contributed by atoms with Crippen LogP contribution in [0.2, 0.25) is 0 Å². The molecule has 6 nitrogen and oxygen atoms in total. The second-order valence-corrected chi connectivity index (χ2v) is 5.89. The number of hydrogen-bond donors (Lipinski definition) is 1. The highest BCUT2D eigenvalue weighted by atomic mass is 35.5. The Morgan fingerprint density at radius 3 is 2.22 bits per heavy atom. The fourth-order valence-corrected chi connectivity index (χ4v) is 2.75. The number of alkyl halides is 3. The maximum absolute atomic E-state index is 12.6. The molecule has 1 N–H and O–H groups in total. The highest BCUT2D eigenvalue weighted by Gasteiger charge is 2.30. The maximum atomic E-state index is 12.6. The summed E-state index contributed by atoms with van der Waals surface area (Å²) in [5.41, 5.74) is -0.0839. The highest BCUT2D eigenvalue weighted by molar-refractivity contribution is 5.85. The Bertz CT molecular complexity index is 762. The molecule has 146 valence electrons. The molecule has 3 rings (SSSR count). The van der Waals surface area contributed by atoms with Gasteiger partial charge in [-0.25, -0.2) is 14.8 Å². The predicted molar refractivity (Wildman–Crippen MR) is 93.5 cm³/mol. The molecule has 0 aliphatic carbocycles. The van der Waals surface area contributed by atoms with Crippen molar-refractivity contribution in [1.82, 2.24) is 9.97 Å². The van der Waals surface area contributed by atoms with Crippen LogP contribution in [-0.2, 0) is 6.18 Å². The Balaban J connectivity index is 0.00000261. The van der Waals surface area contributed by atoms with Crippen LogP contribution in [0.4, 0.5) is 18.9 Å². The number of carboxylic acids is 1. The number of ether oxygens (including phenoxy) is 1. The minimum absolute atomic E-state index is 0. The zero-order chi connectivity index (χ0) is 18.7. The lowest BCUT2D eigenvalue weighted by Crippen LogP contribution is -2.38. The Kier molecular flexibility index (Phi) is 6.48. The number of aromatic carboxylic acids is 1. The van der Waals surface area contributed by atoms with Gasteiger partial charge in [0.05, 0.1) is 18.0 Å². The Hall–Kier alpha value is -2.55. The average Bonchev–Trinajstić information content (AvgIpc) is 2.62. The molecule has 1 saturated heterocycles. The van der Waals surface area contributed by atoms with Gasteiger partial charge in [-0.05, 0) is 24.3 Å². The van der Waals surface area contributed by atoms with Crippen LogP contribution in [0.25, 0.3) is 0 Å². The van der Waals surface area contributed by atoms with E-state index < -0.39 is 17.7 Å². The van der Waals surface area contributed by atoms with Crippen molar-refractivity contribution in [3.05, 3.63) is 47.9 Å².